The van der Waals surface area contributed by atoms with Gasteiger partial charge in [-0.05, 0) is 0 Å². The van der Waals surface area contributed by atoms with Gasteiger partial charge in [0.2, 0.25) is 0 Å². The summed E-state index contributed by atoms with van der Waals surface area (Å²) in [7, 11) is -4.64. The number of nitriles is 1. The van der Waals surface area contributed by atoms with Crippen molar-refractivity contribution in [1.29, 1.82) is 5.26 Å². The standard InChI is InChI=1S/C5H7NO.H3O4P/c1-5(4-6)2-3-7;1-5(2,3)4/h7H,1-3H2;(H3,1,2,3,4). The lowest BCUT2D eigenvalue weighted by molar-refractivity contribution is 0.275. The van der Waals surface area contributed by atoms with Crippen molar-refractivity contribution in [3.8, 4) is 6.07 Å². The molecule has 12 heavy (non-hydrogen) atoms. The van der Waals surface area contributed by atoms with Crippen molar-refractivity contribution in [1.82, 2.24) is 0 Å². The van der Waals surface area contributed by atoms with Crippen LogP contribution in [0, 0.1) is 11.3 Å². The Balaban J connectivity index is 0. The van der Waals surface area contributed by atoms with Crippen LogP contribution in [0.25, 0.3) is 0 Å². The Labute approximate surface area is 69.6 Å². The van der Waals surface area contributed by atoms with Gasteiger partial charge >= 0.3 is 7.82 Å². The molecule has 0 spiro atoms. The fourth-order valence-corrected chi connectivity index (χ4v) is 0.191. The molecule has 70 valence electrons. The molecule has 0 rings (SSSR count). The second kappa shape index (κ2) is 6.98. The van der Waals surface area contributed by atoms with Gasteiger partial charge in [-0.1, -0.05) is 6.58 Å². The minimum Gasteiger partial charge on any atom is -0.396 e. The summed E-state index contributed by atoms with van der Waals surface area (Å²) < 4.78 is 8.88. The highest BCUT2D eigenvalue weighted by atomic mass is 31.2. The quantitative estimate of drug-likeness (QED) is 0.348. The number of rotatable bonds is 2. The van der Waals surface area contributed by atoms with Gasteiger partial charge in [-0.25, -0.2) is 4.57 Å². The lowest BCUT2D eigenvalue weighted by Gasteiger charge is -1.84. The highest BCUT2D eigenvalue weighted by molar-refractivity contribution is 7.45. The van der Waals surface area contributed by atoms with Gasteiger partial charge in [0.25, 0.3) is 0 Å². The van der Waals surface area contributed by atoms with Gasteiger partial charge in [-0.15, -0.1) is 0 Å². The van der Waals surface area contributed by atoms with Crippen LogP contribution >= 0.6 is 7.82 Å². The van der Waals surface area contributed by atoms with Crippen LogP contribution in [0.5, 0.6) is 0 Å². The van der Waals surface area contributed by atoms with E-state index in [4.69, 9.17) is 29.6 Å². The number of phosphoric acid groups is 1. The van der Waals surface area contributed by atoms with Crippen molar-refractivity contribution >= 4 is 7.82 Å². The van der Waals surface area contributed by atoms with Gasteiger partial charge in [-0.2, -0.15) is 5.26 Å². The fourth-order valence-electron chi connectivity index (χ4n) is 0.191. The minimum absolute atomic E-state index is 0.0202. The van der Waals surface area contributed by atoms with E-state index < -0.39 is 7.82 Å². The molecule has 0 aliphatic carbocycles. The maximum atomic E-state index is 8.88. The third-order valence-electron chi connectivity index (χ3n) is 0.572. The Kier molecular flexibility index (Phi) is 8.06. The first kappa shape index (κ1) is 13.9. The Morgan fingerprint density at radius 2 is 1.83 bits per heavy atom. The monoisotopic (exact) mass is 195 g/mol. The Bertz CT molecular complexity index is 206. The molecular formula is C5H10NO5P. The van der Waals surface area contributed by atoms with Gasteiger partial charge in [0.1, 0.15) is 0 Å². The zero-order valence-corrected chi connectivity index (χ0v) is 7.11. The van der Waals surface area contributed by atoms with E-state index in [9.17, 15) is 0 Å². The summed E-state index contributed by atoms with van der Waals surface area (Å²) in [5, 5.41) is 16.2. The SMILES string of the molecule is C=C(C#N)CCO.O=P(O)(O)O. The zero-order chi connectivity index (χ0) is 10.2. The molecule has 0 aliphatic heterocycles. The van der Waals surface area contributed by atoms with Crippen LogP contribution in [-0.2, 0) is 4.57 Å². The smallest absolute Gasteiger partial charge is 0.396 e. The molecule has 6 nitrogen and oxygen atoms in total. The van der Waals surface area contributed by atoms with E-state index in [-0.39, 0.29) is 6.61 Å². The number of nitrogens with zero attached hydrogens (tertiary/aromatic N) is 1. The van der Waals surface area contributed by atoms with Crippen molar-refractivity contribution in [3.63, 3.8) is 0 Å². The third kappa shape index (κ3) is 34.6. The Morgan fingerprint density at radius 3 is 1.92 bits per heavy atom. The zero-order valence-electron chi connectivity index (χ0n) is 6.21. The Hall–Kier alpha value is -0.700. The summed E-state index contributed by atoms with van der Waals surface area (Å²) >= 11 is 0. The maximum Gasteiger partial charge on any atom is 0.466 e. The van der Waals surface area contributed by atoms with E-state index in [0.29, 0.717) is 12.0 Å². The molecule has 0 aromatic carbocycles. The lowest BCUT2D eigenvalue weighted by Crippen LogP contribution is -1.81. The molecule has 0 atom stereocenters. The van der Waals surface area contributed by atoms with Crippen LogP contribution in [0.3, 0.4) is 0 Å². The van der Waals surface area contributed by atoms with Crippen LogP contribution in [0.1, 0.15) is 6.42 Å². The van der Waals surface area contributed by atoms with Crippen LogP contribution in [-0.4, -0.2) is 26.4 Å². The van der Waals surface area contributed by atoms with Crippen LogP contribution in [0.15, 0.2) is 12.2 Å². The van der Waals surface area contributed by atoms with Crippen molar-refractivity contribution < 1.29 is 24.4 Å². The second-order valence-corrected chi connectivity index (χ2v) is 2.73. The highest BCUT2D eigenvalue weighted by Gasteiger charge is 2.00. The normalized spacial score (nSPS) is 9.25. The molecular weight excluding hydrogens is 185 g/mol. The summed E-state index contributed by atoms with van der Waals surface area (Å²) in [4.78, 5) is 21.6. The first-order valence-electron chi connectivity index (χ1n) is 2.78. The summed E-state index contributed by atoms with van der Waals surface area (Å²) in [6.45, 7) is 3.36. The minimum atomic E-state index is -4.64. The van der Waals surface area contributed by atoms with E-state index in [1.54, 1.807) is 0 Å². The largest absolute Gasteiger partial charge is 0.466 e. The van der Waals surface area contributed by atoms with E-state index in [2.05, 4.69) is 6.58 Å². The lowest BCUT2D eigenvalue weighted by atomic mass is 10.2. The van der Waals surface area contributed by atoms with Crippen molar-refractivity contribution in [2.45, 2.75) is 6.42 Å². The summed E-state index contributed by atoms with van der Waals surface area (Å²) in [5.74, 6) is 0. The van der Waals surface area contributed by atoms with E-state index in [1.807, 2.05) is 6.07 Å². The van der Waals surface area contributed by atoms with Crippen LogP contribution < -0.4 is 0 Å². The molecule has 0 heterocycles. The topological polar surface area (TPSA) is 122 Å². The molecule has 0 aromatic rings. The average Bonchev–Trinajstić information content (AvgIpc) is 1.85. The third-order valence-corrected chi connectivity index (χ3v) is 0.572. The molecule has 0 fully saturated rings. The number of aliphatic hydroxyl groups excluding tert-OH is 1. The van der Waals surface area contributed by atoms with Gasteiger partial charge < -0.3 is 19.8 Å². The molecule has 0 radical (unpaired) electrons. The summed E-state index contributed by atoms with van der Waals surface area (Å²) in [5.41, 5.74) is 0.433. The van der Waals surface area contributed by atoms with Gasteiger partial charge in [0.15, 0.2) is 0 Å². The summed E-state index contributed by atoms with van der Waals surface area (Å²) in [6.07, 6.45) is 0.399. The number of hydrogen-bond acceptors (Lipinski definition) is 3. The van der Waals surface area contributed by atoms with E-state index in [0.717, 1.165) is 0 Å². The molecule has 0 bridgehead atoms. The van der Waals surface area contributed by atoms with Crippen LogP contribution in [0.2, 0.25) is 0 Å². The first-order valence-corrected chi connectivity index (χ1v) is 4.34. The molecule has 0 aromatic heterocycles. The van der Waals surface area contributed by atoms with E-state index in [1.165, 1.54) is 0 Å². The van der Waals surface area contributed by atoms with Gasteiger partial charge in [0, 0.05) is 18.6 Å². The maximum absolute atomic E-state index is 8.88. The highest BCUT2D eigenvalue weighted by Crippen LogP contribution is 2.25. The van der Waals surface area contributed by atoms with Crippen LogP contribution in [0.4, 0.5) is 0 Å². The Morgan fingerprint density at radius 1 is 1.50 bits per heavy atom. The van der Waals surface area contributed by atoms with Crippen molar-refractivity contribution in [2.75, 3.05) is 6.61 Å². The molecule has 0 saturated carbocycles. The molecule has 0 saturated heterocycles. The summed E-state index contributed by atoms with van der Waals surface area (Å²) in [6, 6.07) is 1.81. The van der Waals surface area contributed by atoms with E-state index >= 15 is 0 Å². The average molecular weight is 195 g/mol. The number of aliphatic hydroxyl groups is 1. The molecule has 0 aliphatic rings. The molecule has 0 amide bonds. The van der Waals surface area contributed by atoms with Gasteiger partial charge in [0.05, 0.1) is 6.07 Å². The predicted molar refractivity (Wildman–Crippen MR) is 40.7 cm³/mol. The fraction of sp³-hybridized carbons (Fsp3) is 0.400. The second-order valence-electron chi connectivity index (χ2n) is 1.70. The molecule has 0 unspecified atom stereocenters. The van der Waals surface area contributed by atoms with Gasteiger partial charge in [-0.3, -0.25) is 0 Å². The van der Waals surface area contributed by atoms with Crippen molar-refractivity contribution in [3.05, 3.63) is 12.2 Å². The molecule has 4 N–H and O–H groups in total. The predicted octanol–water partition coefficient (Wildman–Crippen LogP) is -0.480. The van der Waals surface area contributed by atoms with Crippen molar-refractivity contribution in [2.24, 2.45) is 0 Å². The molecule has 7 heteroatoms. The number of hydrogen-bond donors (Lipinski definition) is 4. The first-order chi connectivity index (χ1) is 5.31.